The maximum Gasteiger partial charge on any atom is 0.219 e. The molecule has 0 spiro atoms. The van der Waals surface area contributed by atoms with Crippen molar-refractivity contribution < 1.29 is 4.79 Å². The number of aromatic nitrogens is 2. The maximum atomic E-state index is 11.8. The first-order valence-electron chi connectivity index (χ1n) is 10.7. The highest BCUT2D eigenvalue weighted by Gasteiger charge is 2.20. The molecule has 0 unspecified atom stereocenters. The molecule has 1 fully saturated rings. The lowest BCUT2D eigenvalue weighted by atomic mass is 10.0. The van der Waals surface area contributed by atoms with Gasteiger partial charge in [-0.1, -0.05) is 30.3 Å². The van der Waals surface area contributed by atoms with Gasteiger partial charge >= 0.3 is 0 Å². The van der Waals surface area contributed by atoms with Crippen LogP contribution in [0.1, 0.15) is 30.0 Å². The molecule has 0 N–H and O–H groups in total. The Labute approximate surface area is 178 Å². The van der Waals surface area contributed by atoms with Crippen molar-refractivity contribution in [3.8, 4) is 16.9 Å². The lowest BCUT2D eigenvalue weighted by Gasteiger charge is -2.21. The topological polar surface area (TPSA) is 41.4 Å². The van der Waals surface area contributed by atoms with E-state index in [0.29, 0.717) is 0 Å². The third-order valence-electron chi connectivity index (χ3n) is 6.02. The van der Waals surface area contributed by atoms with Crippen molar-refractivity contribution in [2.24, 2.45) is 0 Å². The van der Waals surface area contributed by atoms with Crippen LogP contribution < -0.4 is 0 Å². The zero-order valence-electron chi connectivity index (χ0n) is 18.1. The Bertz CT molecular complexity index is 1020. The molecule has 4 rings (SSSR count). The molecule has 0 radical (unpaired) electrons. The SMILES string of the molecule is CC(=O)N1CCCN(Cc2cn(-c3ccccc3)nc2-c2ccc(C)c(C)c2)CC1. The summed E-state index contributed by atoms with van der Waals surface area (Å²) in [5, 5.41) is 4.98. The number of nitrogens with zero attached hydrogens (tertiary/aromatic N) is 4. The van der Waals surface area contributed by atoms with Crippen LogP contribution in [-0.2, 0) is 11.3 Å². The van der Waals surface area contributed by atoms with Gasteiger partial charge in [0, 0.05) is 57.0 Å². The van der Waals surface area contributed by atoms with E-state index < -0.39 is 0 Å². The fourth-order valence-corrected chi connectivity index (χ4v) is 4.05. The van der Waals surface area contributed by atoms with Gasteiger partial charge in [0.25, 0.3) is 0 Å². The third kappa shape index (κ3) is 4.46. The normalized spacial score (nSPS) is 15.2. The average Bonchev–Trinajstić information content (AvgIpc) is 3.01. The predicted octanol–water partition coefficient (Wildman–Crippen LogP) is 4.21. The Morgan fingerprint density at radius 1 is 0.967 bits per heavy atom. The molecule has 0 bridgehead atoms. The molecule has 1 aliphatic heterocycles. The Hall–Kier alpha value is -2.92. The third-order valence-corrected chi connectivity index (χ3v) is 6.02. The Kier molecular flexibility index (Phi) is 6.00. The predicted molar refractivity (Wildman–Crippen MR) is 121 cm³/mol. The summed E-state index contributed by atoms with van der Waals surface area (Å²) < 4.78 is 1.99. The van der Waals surface area contributed by atoms with E-state index in [0.717, 1.165) is 56.1 Å². The van der Waals surface area contributed by atoms with Crippen LogP contribution in [0.5, 0.6) is 0 Å². The van der Waals surface area contributed by atoms with Crippen LogP contribution in [0.15, 0.2) is 54.7 Å². The number of benzene rings is 2. The van der Waals surface area contributed by atoms with Crippen molar-refractivity contribution in [2.75, 3.05) is 26.2 Å². The first kappa shape index (κ1) is 20.4. The summed E-state index contributed by atoms with van der Waals surface area (Å²) >= 11 is 0. The average molecular weight is 403 g/mol. The van der Waals surface area contributed by atoms with E-state index in [2.05, 4.69) is 55.3 Å². The Morgan fingerprint density at radius 2 is 1.77 bits per heavy atom. The minimum Gasteiger partial charge on any atom is -0.342 e. The van der Waals surface area contributed by atoms with Crippen molar-refractivity contribution in [2.45, 2.75) is 33.7 Å². The van der Waals surface area contributed by atoms with Crippen LogP contribution in [0, 0.1) is 13.8 Å². The van der Waals surface area contributed by atoms with E-state index in [9.17, 15) is 4.79 Å². The number of rotatable bonds is 4. The van der Waals surface area contributed by atoms with Gasteiger partial charge in [0.1, 0.15) is 0 Å². The number of carbonyl (C=O) groups is 1. The van der Waals surface area contributed by atoms with Gasteiger partial charge in [-0.05, 0) is 49.6 Å². The van der Waals surface area contributed by atoms with E-state index in [1.54, 1.807) is 6.92 Å². The summed E-state index contributed by atoms with van der Waals surface area (Å²) in [7, 11) is 0. The summed E-state index contributed by atoms with van der Waals surface area (Å²) in [5.41, 5.74) is 7.04. The van der Waals surface area contributed by atoms with Crippen LogP contribution in [0.3, 0.4) is 0 Å². The molecular weight excluding hydrogens is 372 g/mol. The van der Waals surface area contributed by atoms with Gasteiger partial charge < -0.3 is 4.90 Å². The largest absolute Gasteiger partial charge is 0.342 e. The molecule has 2 heterocycles. The molecule has 1 aliphatic rings. The van der Waals surface area contributed by atoms with Crippen LogP contribution >= 0.6 is 0 Å². The highest BCUT2D eigenvalue weighted by atomic mass is 16.2. The summed E-state index contributed by atoms with van der Waals surface area (Å²) in [6, 6.07) is 16.8. The molecule has 156 valence electrons. The van der Waals surface area contributed by atoms with Crippen LogP contribution in [0.2, 0.25) is 0 Å². The number of hydrogen-bond acceptors (Lipinski definition) is 3. The number of hydrogen-bond donors (Lipinski definition) is 0. The standard InChI is InChI=1S/C25H30N4O/c1-19-10-11-22(16-20(19)2)25-23(18-29(26-25)24-8-5-4-6-9-24)17-27-12-7-13-28(15-14-27)21(3)30/h4-6,8-11,16,18H,7,12-15,17H2,1-3H3. The zero-order chi connectivity index (χ0) is 21.1. The van der Waals surface area contributed by atoms with E-state index >= 15 is 0 Å². The number of amides is 1. The van der Waals surface area contributed by atoms with Gasteiger partial charge in [-0.3, -0.25) is 9.69 Å². The first-order chi connectivity index (χ1) is 14.5. The van der Waals surface area contributed by atoms with Crippen molar-refractivity contribution in [3.05, 3.63) is 71.4 Å². The van der Waals surface area contributed by atoms with Gasteiger partial charge in [-0.25, -0.2) is 4.68 Å². The fourth-order valence-electron chi connectivity index (χ4n) is 4.05. The molecule has 2 aromatic carbocycles. The van der Waals surface area contributed by atoms with Gasteiger partial charge in [0.05, 0.1) is 11.4 Å². The molecule has 0 saturated carbocycles. The number of para-hydroxylation sites is 1. The quantitative estimate of drug-likeness (QED) is 0.656. The van der Waals surface area contributed by atoms with E-state index in [4.69, 9.17) is 5.10 Å². The van der Waals surface area contributed by atoms with Crippen molar-refractivity contribution >= 4 is 5.91 Å². The second kappa shape index (κ2) is 8.84. The highest BCUT2D eigenvalue weighted by molar-refractivity contribution is 5.73. The molecular formula is C25H30N4O. The second-order valence-corrected chi connectivity index (χ2v) is 8.22. The number of carbonyl (C=O) groups excluding carboxylic acids is 1. The molecule has 30 heavy (non-hydrogen) atoms. The summed E-state index contributed by atoms with van der Waals surface area (Å²) in [6.07, 6.45) is 3.17. The molecule has 3 aromatic rings. The Morgan fingerprint density at radius 3 is 2.50 bits per heavy atom. The van der Waals surface area contributed by atoms with Gasteiger partial charge in [-0.15, -0.1) is 0 Å². The summed E-state index contributed by atoms with van der Waals surface area (Å²) in [4.78, 5) is 16.2. The van der Waals surface area contributed by atoms with Crippen LogP contribution in [0.25, 0.3) is 16.9 Å². The monoisotopic (exact) mass is 402 g/mol. The van der Waals surface area contributed by atoms with E-state index in [-0.39, 0.29) is 5.91 Å². The van der Waals surface area contributed by atoms with Crippen molar-refractivity contribution in [3.63, 3.8) is 0 Å². The lowest BCUT2D eigenvalue weighted by molar-refractivity contribution is -0.128. The molecule has 1 aromatic heterocycles. The molecule has 0 atom stereocenters. The molecule has 5 heteroatoms. The highest BCUT2D eigenvalue weighted by Crippen LogP contribution is 2.27. The maximum absolute atomic E-state index is 11.8. The lowest BCUT2D eigenvalue weighted by Crippen LogP contribution is -2.33. The minimum atomic E-state index is 0.171. The second-order valence-electron chi connectivity index (χ2n) is 8.22. The van der Waals surface area contributed by atoms with Gasteiger partial charge in [0.15, 0.2) is 0 Å². The van der Waals surface area contributed by atoms with Gasteiger partial charge in [0.2, 0.25) is 5.91 Å². The number of aryl methyl sites for hydroxylation is 2. The van der Waals surface area contributed by atoms with Crippen LogP contribution in [0.4, 0.5) is 0 Å². The summed E-state index contributed by atoms with van der Waals surface area (Å²) in [5.74, 6) is 0.171. The van der Waals surface area contributed by atoms with Crippen LogP contribution in [-0.4, -0.2) is 51.7 Å². The van der Waals surface area contributed by atoms with Crippen molar-refractivity contribution in [1.82, 2.24) is 19.6 Å². The van der Waals surface area contributed by atoms with E-state index in [1.165, 1.54) is 16.7 Å². The van der Waals surface area contributed by atoms with Crippen molar-refractivity contribution in [1.29, 1.82) is 0 Å². The molecule has 5 nitrogen and oxygen atoms in total. The fraction of sp³-hybridized carbons (Fsp3) is 0.360. The first-order valence-corrected chi connectivity index (χ1v) is 10.7. The van der Waals surface area contributed by atoms with Gasteiger partial charge in [-0.2, -0.15) is 5.10 Å². The smallest absolute Gasteiger partial charge is 0.219 e. The molecule has 1 saturated heterocycles. The van der Waals surface area contributed by atoms with E-state index in [1.807, 2.05) is 27.8 Å². The zero-order valence-corrected chi connectivity index (χ0v) is 18.1. The Balaban J connectivity index is 1.66. The molecule has 1 amide bonds. The molecule has 0 aliphatic carbocycles. The summed E-state index contributed by atoms with van der Waals surface area (Å²) in [6.45, 7) is 10.3. The minimum absolute atomic E-state index is 0.171.